The second-order valence-electron chi connectivity index (χ2n) is 4.46. The molecule has 2 heterocycles. The largest absolute Gasteiger partial charge is 0.455 e. The molecule has 0 spiro atoms. The summed E-state index contributed by atoms with van der Waals surface area (Å²) in [5.41, 5.74) is -1.42. The number of carbonyl (C=O) groups is 1. The highest BCUT2D eigenvalue weighted by molar-refractivity contribution is 9.10. The molecule has 4 atom stereocenters. The first-order valence-electron chi connectivity index (χ1n) is 5.97. The van der Waals surface area contributed by atoms with Crippen LogP contribution >= 0.6 is 15.9 Å². The van der Waals surface area contributed by atoms with Crippen LogP contribution in [0, 0.1) is 0 Å². The average Bonchev–Trinajstić information content (AvgIpc) is 2.71. The smallest absolute Gasteiger partial charge is 0.330 e. The lowest BCUT2D eigenvalue weighted by Crippen LogP contribution is -2.40. The Bertz CT molecular complexity index is 655. The monoisotopic (exact) mass is 364 g/mol. The van der Waals surface area contributed by atoms with E-state index in [4.69, 9.17) is 14.6 Å². The van der Waals surface area contributed by atoms with E-state index in [1.165, 1.54) is 0 Å². The first-order chi connectivity index (χ1) is 9.85. The number of aromatic amines is 1. The van der Waals surface area contributed by atoms with Gasteiger partial charge in [0.25, 0.3) is 5.56 Å². The minimum atomic E-state index is -1.30. The molecule has 0 saturated carbocycles. The van der Waals surface area contributed by atoms with Gasteiger partial charge in [-0.1, -0.05) is 0 Å². The predicted octanol–water partition coefficient (Wildman–Crippen LogP) is -1.52. The van der Waals surface area contributed by atoms with Crippen LogP contribution in [-0.4, -0.2) is 50.7 Å². The van der Waals surface area contributed by atoms with Gasteiger partial charge in [0, 0.05) is 13.1 Å². The molecule has 1 unspecified atom stereocenters. The first-order valence-corrected chi connectivity index (χ1v) is 6.77. The highest BCUT2D eigenvalue weighted by Crippen LogP contribution is 2.31. The van der Waals surface area contributed by atoms with Crippen molar-refractivity contribution in [1.82, 2.24) is 9.55 Å². The fourth-order valence-corrected chi connectivity index (χ4v) is 2.38. The predicted molar refractivity (Wildman–Crippen MR) is 71.6 cm³/mol. The number of rotatable bonds is 3. The molecule has 3 N–H and O–H groups in total. The summed E-state index contributed by atoms with van der Waals surface area (Å²) in [5, 5.41) is 19.1. The Labute approximate surface area is 126 Å². The van der Waals surface area contributed by atoms with Gasteiger partial charge in [-0.2, -0.15) is 0 Å². The number of ether oxygens (including phenoxy) is 2. The number of nitrogens with one attached hydrogen (secondary N) is 1. The number of halogens is 1. The highest BCUT2D eigenvalue weighted by atomic mass is 79.9. The second kappa shape index (κ2) is 6.10. The molecule has 0 radical (unpaired) electrons. The van der Waals surface area contributed by atoms with Crippen LogP contribution in [0.5, 0.6) is 0 Å². The number of nitrogens with zero attached hydrogens (tertiary/aromatic N) is 1. The lowest BCUT2D eigenvalue weighted by atomic mass is 10.1. The zero-order chi connectivity index (χ0) is 15.7. The van der Waals surface area contributed by atoms with E-state index >= 15 is 0 Å². The molecule has 116 valence electrons. The van der Waals surface area contributed by atoms with Crippen molar-refractivity contribution in [1.29, 1.82) is 0 Å². The summed E-state index contributed by atoms with van der Waals surface area (Å²) in [6.45, 7) is 0.621. The molecule has 1 aromatic heterocycles. The lowest BCUT2D eigenvalue weighted by Gasteiger charge is -2.21. The number of carbonyl (C=O) groups excluding carboxylic acids is 1. The van der Waals surface area contributed by atoms with Crippen LogP contribution in [0.15, 0.2) is 20.3 Å². The van der Waals surface area contributed by atoms with Gasteiger partial charge in [0.2, 0.25) is 0 Å². The van der Waals surface area contributed by atoms with Gasteiger partial charge < -0.3 is 19.7 Å². The van der Waals surface area contributed by atoms with Crippen LogP contribution in [0.25, 0.3) is 0 Å². The Morgan fingerprint density at radius 2 is 2.24 bits per heavy atom. The van der Waals surface area contributed by atoms with Crippen molar-refractivity contribution in [2.75, 3.05) is 6.61 Å². The zero-order valence-electron chi connectivity index (χ0n) is 10.9. The maximum absolute atomic E-state index is 11.8. The quantitative estimate of drug-likeness (QED) is 0.555. The summed E-state index contributed by atoms with van der Waals surface area (Å²) >= 11 is 2.97. The van der Waals surface area contributed by atoms with Gasteiger partial charge in [-0.25, -0.2) is 4.79 Å². The van der Waals surface area contributed by atoms with E-state index in [1.807, 2.05) is 4.98 Å². The number of esters is 1. The van der Waals surface area contributed by atoms with Crippen molar-refractivity contribution in [3.63, 3.8) is 0 Å². The molecule has 21 heavy (non-hydrogen) atoms. The highest BCUT2D eigenvalue weighted by Gasteiger charge is 2.47. The number of H-pyrrole nitrogens is 1. The number of aromatic nitrogens is 2. The van der Waals surface area contributed by atoms with Crippen molar-refractivity contribution in [3.05, 3.63) is 31.5 Å². The molecule has 1 aliphatic heterocycles. The van der Waals surface area contributed by atoms with Crippen LogP contribution < -0.4 is 11.2 Å². The van der Waals surface area contributed by atoms with Crippen molar-refractivity contribution in [2.24, 2.45) is 0 Å². The van der Waals surface area contributed by atoms with Gasteiger partial charge in [0.05, 0.1) is 11.1 Å². The van der Waals surface area contributed by atoms with Crippen LogP contribution in [0.3, 0.4) is 0 Å². The SMILES string of the molecule is CC(=O)O[C@H]1C(O)[C@@H](CO)O[C@H]1n1cc(Br)c(=O)[nH]c1=O. The molecule has 1 fully saturated rings. The van der Waals surface area contributed by atoms with E-state index in [2.05, 4.69) is 15.9 Å². The van der Waals surface area contributed by atoms with Crippen molar-refractivity contribution in [3.8, 4) is 0 Å². The van der Waals surface area contributed by atoms with Crippen LogP contribution in [0.4, 0.5) is 0 Å². The summed E-state index contributed by atoms with van der Waals surface area (Å²) in [7, 11) is 0. The molecule has 0 amide bonds. The van der Waals surface area contributed by atoms with Crippen molar-refractivity contribution >= 4 is 21.9 Å². The van der Waals surface area contributed by atoms with Crippen LogP contribution in [0.1, 0.15) is 13.2 Å². The lowest BCUT2D eigenvalue weighted by molar-refractivity contribution is -0.156. The third-order valence-electron chi connectivity index (χ3n) is 2.99. The number of aliphatic hydroxyl groups excluding tert-OH is 2. The first kappa shape index (κ1) is 15.9. The molecular formula is C11H13BrN2O7. The topological polar surface area (TPSA) is 131 Å². The summed E-state index contributed by atoms with van der Waals surface area (Å²) in [5.74, 6) is -0.678. The molecule has 0 bridgehead atoms. The minimum Gasteiger partial charge on any atom is -0.455 e. The zero-order valence-corrected chi connectivity index (χ0v) is 12.4. The normalized spacial score (nSPS) is 28.6. The maximum atomic E-state index is 11.8. The molecule has 0 aliphatic carbocycles. The molecule has 1 aromatic rings. The third kappa shape index (κ3) is 3.07. The van der Waals surface area contributed by atoms with E-state index in [0.717, 1.165) is 17.7 Å². The molecule has 2 rings (SSSR count). The van der Waals surface area contributed by atoms with Crippen LogP contribution in [-0.2, 0) is 14.3 Å². The second-order valence-corrected chi connectivity index (χ2v) is 5.31. The fourth-order valence-electron chi connectivity index (χ4n) is 2.06. The Morgan fingerprint density at radius 3 is 2.81 bits per heavy atom. The maximum Gasteiger partial charge on any atom is 0.330 e. The number of hydrogen-bond donors (Lipinski definition) is 3. The van der Waals surface area contributed by atoms with E-state index in [1.54, 1.807) is 0 Å². The van der Waals surface area contributed by atoms with E-state index < -0.39 is 48.4 Å². The number of hydrogen-bond acceptors (Lipinski definition) is 7. The van der Waals surface area contributed by atoms with Gasteiger partial charge in [0.1, 0.15) is 12.2 Å². The summed E-state index contributed by atoms with van der Waals surface area (Å²) < 4.78 is 11.3. The van der Waals surface area contributed by atoms with Gasteiger partial charge in [-0.3, -0.25) is 19.1 Å². The molecule has 1 aliphatic rings. The van der Waals surface area contributed by atoms with Crippen molar-refractivity contribution < 1.29 is 24.5 Å². The standard InChI is InChI=1S/C11H13BrN2O7/c1-4(16)20-8-7(17)6(3-15)21-10(8)14-2-5(12)9(18)13-11(14)19/h2,6-8,10,15,17H,3H2,1H3,(H,13,18,19)/t6-,7?,8+,10-/m1/s1. The molecule has 9 nitrogen and oxygen atoms in total. The third-order valence-corrected chi connectivity index (χ3v) is 3.56. The van der Waals surface area contributed by atoms with Crippen LogP contribution in [0.2, 0.25) is 0 Å². The van der Waals surface area contributed by atoms with Crippen molar-refractivity contribution in [2.45, 2.75) is 31.5 Å². The molecule has 0 aromatic carbocycles. The Hall–Kier alpha value is -1.49. The summed E-state index contributed by atoms with van der Waals surface area (Å²) in [6.07, 6.45) is -3.51. The fraction of sp³-hybridized carbons (Fsp3) is 0.545. The van der Waals surface area contributed by atoms with Gasteiger partial charge in [0.15, 0.2) is 12.3 Å². The molecular weight excluding hydrogens is 352 g/mol. The summed E-state index contributed by atoms with van der Waals surface area (Å²) in [4.78, 5) is 36.3. The molecule has 10 heteroatoms. The minimum absolute atomic E-state index is 0.0641. The van der Waals surface area contributed by atoms with Gasteiger partial charge in [-0.05, 0) is 15.9 Å². The van der Waals surface area contributed by atoms with E-state index in [9.17, 15) is 19.5 Å². The van der Waals surface area contributed by atoms with E-state index in [0.29, 0.717) is 0 Å². The van der Waals surface area contributed by atoms with Gasteiger partial charge in [-0.15, -0.1) is 0 Å². The summed E-state index contributed by atoms with van der Waals surface area (Å²) in [6, 6.07) is 0. The Balaban J connectivity index is 2.45. The molecule has 1 saturated heterocycles. The Kier molecular flexibility index (Phi) is 4.61. The Morgan fingerprint density at radius 1 is 1.57 bits per heavy atom. The van der Waals surface area contributed by atoms with E-state index in [-0.39, 0.29) is 4.47 Å². The average molecular weight is 365 g/mol. The van der Waals surface area contributed by atoms with Gasteiger partial charge >= 0.3 is 11.7 Å². The number of aliphatic hydroxyl groups is 2.